The van der Waals surface area contributed by atoms with Crippen LogP contribution in [-0.4, -0.2) is 21.0 Å². The van der Waals surface area contributed by atoms with E-state index >= 15 is 0 Å². The fraction of sp³-hybridized carbons (Fsp3) is 0.316. The van der Waals surface area contributed by atoms with Gasteiger partial charge in [0.25, 0.3) is 8.32 Å². The van der Waals surface area contributed by atoms with Crippen LogP contribution in [0.5, 0.6) is 0 Å². The summed E-state index contributed by atoms with van der Waals surface area (Å²) >= 11 is 0. The van der Waals surface area contributed by atoms with Crippen molar-refractivity contribution in [3.8, 4) is 0 Å². The van der Waals surface area contributed by atoms with Crippen molar-refractivity contribution in [3.63, 3.8) is 0 Å². The molecule has 1 aliphatic heterocycles. The maximum atomic E-state index is 7.45. The smallest absolute Gasteiger partial charge is 0.261 e. The first kappa shape index (κ1) is 29.3. The molecular weight excluding hydrogens is 517 g/mol. The van der Waals surface area contributed by atoms with Crippen LogP contribution < -0.4 is 10.4 Å². The molecule has 212 valence electrons. The highest BCUT2D eigenvalue weighted by molar-refractivity contribution is 6.99. The standard InChI is InChI=1S/C38H44O2Si/c1-27-16-14-22-33(29(27)3)35-24-25-36(34-23-15-17-28(2)30(34)4)40-37(35)26-39-41(38(5,6)7,31-18-10-8-11-19-31)32-20-12-9-13-21-32/h8-25,35-37H,26H2,1-7H3/t35-,36-,37-/m1/s1. The molecule has 5 rings (SSSR count). The van der Waals surface area contributed by atoms with Gasteiger partial charge in [-0.2, -0.15) is 0 Å². The average molecular weight is 561 g/mol. The maximum absolute atomic E-state index is 7.45. The number of benzene rings is 4. The van der Waals surface area contributed by atoms with Crippen LogP contribution in [-0.2, 0) is 9.16 Å². The SMILES string of the molecule is Cc1cccc([C@H]2C=C[C@H](c3cccc(C)c3C)O[C@@H]2CO[Si](c2ccccc2)(c2ccccc2)C(C)(C)C)c1C. The Kier molecular flexibility index (Phi) is 8.51. The molecule has 0 aliphatic carbocycles. The normalized spacial score (nSPS) is 19.3. The molecule has 0 saturated carbocycles. The van der Waals surface area contributed by atoms with E-state index in [2.05, 4.69) is 158 Å². The second kappa shape index (κ2) is 11.9. The summed E-state index contributed by atoms with van der Waals surface area (Å²) in [5.41, 5.74) is 7.76. The fourth-order valence-corrected chi connectivity index (χ4v) is 11.0. The van der Waals surface area contributed by atoms with Crippen molar-refractivity contribution in [1.82, 2.24) is 0 Å². The van der Waals surface area contributed by atoms with E-state index in [1.807, 2.05) is 0 Å². The minimum absolute atomic E-state index is 0.0957. The molecule has 4 aromatic rings. The number of hydrogen-bond donors (Lipinski definition) is 0. The highest BCUT2D eigenvalue weighted by Crippen LogP contribution is 2.41. The molecule has 2 nitrogen and oxygen atoms in total. The maximum Gasteiger partial charge on any atom is 0.261 e. The van der Waals surface area contributed by atoms with Gasteiger partial charge in [-0.25, -0.2) is 0 Å². The highest BCUT2D eigenvalue weighted by Gasteiger charge is 2.51. The Morgan fingerprint density at radius 2 is 1.15 bits per heavy atom. The Morgan fingerprint density at radius 1 is 0.634 bits per heavy atom. The van der Waals surface area contributed by atoms with Gasteiger partial charge < -0.3 is 9.16 Å². The molecule has 1 heterocycles. The lowest BCUT2D eigenvalue weighted by molar-refractivity contribution is -0.0323. The lowest BCUT2D eigenvalue weighted by atomic mass is 9.85. The van der Waals surface area contributed by atoms with Gasteiger partial charge in [-0.05, 0) is 76.5 Å². The van der Waals surface area contributed by atoms with E-state index in [0.717, 1.165) is 0 Å². The Labute approximate surface area is 248 Å². The van der Waals surface area contributed by atoms with Gasteiger partial charge in [-0.15, -0.1) is 0 Å². The first-order valence-electron chi connectivity index (χ1n) is 14.8. The molecule has 0 unspecified atom stereocenters. The molecular formula is C38H44O2Si. The van der Waals surface area contributed by atoms with Gasteiger partial charge in [0.1, 0.15) is 6.10 Å². The van der Waals surface area contributed by atoms with Crippen LogP contribution in [0.3, 0.4) is 0 Å². The van der Waals surface area contributed by atoms with Crippen LogP contribution >= 0.6 is 0 Å². The largest absolute Gasteiger partial charge is 0.405 e. The number of rotatable bonds is 7. The van der Waals surface area contributed by atoms with Gasteiger partial charge in [0.05, 0.1) is 12.7 Å². The van der Waals surface area contributed by atoms with Crippen molar-refractivity contribution in [3.05, 3.63) is 143 Å². The molecule has 0 spiro atoms. The predicted octanol–water partition coefficient (Wildman–Crippen LogP) is 8.28. The van der Waals surface area contributed by atoms with Gasteiger partial charge in [-0.1, -0.05) is 130 Å². The van der Waals surface area contributed by atoms with Gasteiger partial charge >= 0.3 is 0 Å². The van der Waals surface area contributed by atoms with E-state index in [9.17, 15) is 0 Å². The van der Waals surface area contributed by atoms with Crippen molar-refractivity contribution in [2.75, 3.05) is 6.61 Å². The van der Waals surface area contributed by atoms with E-state index < -0.39 is 8.32 Å². The summed E-state index contributed by atoms with van der Waals surface area (Å²) in [7, 11) is -2.71. The second-order valence-corrected chi connectivity index (χ2v) is 16.9. The lowest BCUT2D eigenvalue weighted by Crippen LogP contribution is -2.67. The summed E-state index contributed by atoms with van der Waals surface area (Å²) in [6.07, 6.45) is 4.39. The van der Waals surface area contributed by atoms with Crippen molar-refractivity contribution in [2.45, 2.75) is 71.6 Å². The molecule has 0 saturated heterocycles. The van der Waals surface area contributed by atoms with Gasteiger partial charge in [0.15, 0.2) is 0 Å². The zero-order valence-corrected chi connectivity index (χ0v) is 26.6. The van der Waals surface area contributed by atoms with E-state index in [0.29, 0.717) is 6.61 Å². The Morgan fingerprint density at radius 3 is 1.68 bits per heavy atom. The molecule has 0 amide bonds. The van der Waals surface area contributed by atoms with Crippen LogP contribution in [0.15, 0.2) is 109 Å². The first-order chi connectivity index (χ1) is 19.6. The molecule has 0 bridgehead atoms. The van der Waals surface area contributed by atoms with E-state index in [1.54, 1.807) is 0 Å². The van der Waals surface area contributed by atoms with E-state index in [4.69, 9.17) is 9.16 Å². The molecule has 3 heteroatoms. The number of aryl methyl sites for hydroxylation is 2. The first-order valence-corrected chi connectivity index (χ1v) is 16.8. The molecule has 0 radical (unpaired) electrons. The third-order valence-corrected chi connectivity index (χ3v) is 14.1. The van der Waals surface area contributed by atoms with Gasteiger partial charge in [0, 0.05) is 5.92 Å². The minimum Gasteiger partial charge on any atom is -0.405 e. The van der Waals surface area contributed by atoms with Crippen molar-refractivity contribution < 1.29 is 9.16 Å². The zero-order chi connectivity index (χ0) is 29.2. The van der Waals surface area contributed by atoms with Crippen molar-refractivity contribution in [1.29, 1.82) is 0 Å². The summed E-state index contributed by atoms with van der Waals surface area (Å²) in [4.78, 5) is 0. The molecule has 0 fully saturated rings. The third kappa shape index (κ3) is 5.64. The van der Waals surface area contributed by atoms with Gasteiger partial charge in [-0.3, -0.25) is 0 Å². The zero-order valence-electron chi connectivity index (χ0n) is 25.6. The molecule has 4 aromatic carbocycles. The topological polar surface area (TPSA) is 18.5 Å². The fourth-order valence-electron chi connectivity index (χ4n) is 6.47. The number of ether oxygens (including phenoxy) is 1. The Balaban J connectivity index is 1.60. The summed E-state index contributed by atoms with van der Waals surface area (Å²) in [6.45, 7) is 16.3. The summed E-state index contributed by atoms with van der Waals surface area (Å²) in [5, 5.41) is 2.49. The highest BCUT2D eigenvalue weighted by atomic mass is 28.4. The third-order valence-electron chi connectivity index (χ3n) is 9.05. The van der Waals surface area contributed by atoms with E-state index in [-0.39, 0.29) is 23.2 Å². The Bertz CT molecular complexity index is 1460. The molecule has 0 aromatic heterocycles. The van der Waals surface area contributed by atoms with Crippen LogP contribution in [0.2, 0.25) is 5.04 Å². The van der Waals surface area contributed by atoms with Crippen LogP contribution in [0, 0.1) is 27.7 Å². The monoisotopic (exact) mass is 560 g/mol. The molecule has 41 heavy (non-hydrogen) atoms. The minimum atomic E-state index is -2.71. The van der Waals surface area contributed by atoms with E-state index in [1.165, 1.54) is 43.8 Å². The molecule has 3 atom stereocenters. The quantitative estimate of drug-likeness (QED) is 0.167. The van der Waals surface area contributed by atoms with Crippen molar-refractivity contribution >= 4 is 18.7 Å². The summed E-state index contributed by atoms with van der Waals surface area (Å²) in [5.74, 6) is 0.106. The van der Waals surface area contributed by atoms with Crippen LogP contribution in [0.4, 0.5) is 0 Å². The van der Waals surface area contributed by atoms with Crippen molar-refractivity contribution in [2.24, 2.45) is 0 Å². The summed E-state index contributed by atoms with van der Waals surface area (Å²) < 4.78 is 14.5. The van der Waals surface area contributed by atoms with Crippen LogP contribution in [0.25, 0.3) is 0 Å². The lowest BCUT2D eigenvalue weighted by Gasteiger charge is -2.45. The molecule has 0 N–H and O–H groups in total. The Hall–Kier alpha value is -3.24. The van der Waals surface area contributed by atoms with Crippen LogP contribution in [0.1, 0.15) is 66.2 Å². The number of hydrogen-bond acceptors (Lipinski definition) is 2. The van der Waals surface area contributed by atoms with Gasteiger partial charge in [0.2, 0.25) is 0 Å². The average Bonchev–Trinajstić information content (AvgIpc) is 2.97. The predicted molar refractivity (Wildman–Crippen MR) is 175 cm³/mol. The molecule has 1 aliphatic rings. The summed E-state index contributed by atoms with van der Waals surface area (Å²) in [6, 6.07) is 34.9. The second-order valence-electron chi connectivity index (χ2n) is 12.6.